The van der Waals surface area contributed by atoms with Crippen molar-refractivity contribution in [1.82, 2.24) is 9.97 Å². The maximum absolute atomic E-state index is 11.6. The molecular weight excluding hydrogens is 314 g/mol. The van der Waals surface area contributed by atoms with Crippen molar-refractivity contribution in [3.8, 4) is 11.6 Å². The molecule has 24 heavy (non-hydrogen) atoms. The first kappa shape index (κ1) is 17.2. The van der Waals surface area contributed by atoms with Gasteiger partial charge in [0.15, 0.2) is 0 Å². The number of ether oxygens (including phenoxy) is 1. The molecule has 0 saturated heterocycles. The number of nitrogens with one attached hydrogen (secondary N) is 1. The molecule has 8 nitrogen and oxygen atoms in total. The van der Waals surface area contributed by atoms with Crippen molar-refractivity contribution >= 4 is 17.8 Å². The normalized spacial score (nSPS) is 12.2. The Morgan fingerprint density at radius 2 is 2.12 bits per heavy atom. The van der Waals surface area contributed by atoms with Crippen LogP contribution in [0.5, 0.6) is 11.6 Å². The van der Waals surface area contributed by atoms with Gasteiger partial charge in [0, 0.05) is 5.56 Å². The lowest BCUT2D eigenvalue weighted by Gasteiger charge is -2.14. The van der Waals surface area contributed by atoms with Crippen LogP contribution in [0, 0.1) is 10.1 Å². The minimum atomic E-state index is -1.02. The van der Waals surface area contributed by atoms with Crippen molar-refractivity contribution in [3.05, 3.63) is 56.1 Å². The van der Waals surface area contributed by atoms with E-state index in [0.29, 0.717) is 5.75 Å². The third-order valence-electron chi connectivity index (χ3n) is 3.32. The van der Waals surface area contributed by atoms with Crippen LogP contribution in [0.1, 0.15) is 31.7 Å². The number of nitro groups is 1. The molecule has 0 aliphatic heterocycles. The van der Waals surface area contributed by atoms with E-state index in [1.165, 1.54) is 6.08 Å². The lowest BCUT2D eigenvalue weighted by Crippen LogP contribution is -2.14. The fourth-order valence-electron chi connectivity index (χ4n) is 1.91. The van der Waals surface area contributed by atoms with Gasteiger partial charge in [-0.3, -0.25) is 14.9 Å². The number of H-pyrrole nitrogens is 1. The third kappa shape index (κ3) is 3.97. The highest BCUT2D eigenvalue weighted by Gasteiger charge is 2.21. The Labute approximate surface area is 137 Å². The van der Waals surface area contributed by atoms with Gasteiger partial charge in [-0.1, -0.05) is 25.1 Å². The number of aromatic hydroxyl groups is 1. The second-order valence-electron chi connectivity index (χ2n) is 5.09. The van der Waals surface area contributed by atoms with Gasteiger partial charge in [0.25, 0.3) is 5.88 Å². The van der Waals surface area contributed by atoms with Crippen LogP contribution >= 0.6 is 0 Å². The summed E-state index contributed by atoms with van der Waals surface area (Å²) < 4.78 is 5.80. The Hall–Kier alpha value is -3.16. The zero-order valence-electron chi connectivity index (χ0n) is 13.2. The summed E-state index contributed by atoms with van der Waals surface area (Å²) in [5.74, 6) is -0.259. The molecule has 8 heteroatoms. The Morgan fingerprint density at radius 1 is 1.42 bits per heavy atom. The van der Waals surface area contributed by atoms with Crippen LogP contribution in [0.15, 0.2) is 29.1 Å². The van der Waals surface area contributed by atoms with Gasteiger partial charge in [-0.25, -0.2) is 0 Å². The van der Waals surface area contributed by atoms with Gasteiger partial charge < -0.3 is 14.8 Å². The zero-order valence-corrected chi connectivity index (χ0v) is 13.2. The van der Waals surface area contributed by atoms with Crippen molar-refractivity contribution in [2.75, 3.05) is 0 Å². The van der Waals surface area contributed by atoms with E-state index in [1.54, 1.807) is 6.08 Å². The van der Waals surface area contributed by atoms with Gasteiger partial charge in [-0.2, -0.15) is 4.98 Å². The Kier molecular flexibility index (Phi) is 5.31. The van der Waals surface area contributed by atoms with Crippen molar-refractivity contribution < 1.29 is 14.8 Å². The number of aromatic amines is 1. The van der Waals surface area contributed by atoms with E-state index in [0.717, 1.165) is 12.0 Å². The number of benzene rings is 1. The van der Waals surface area contributed by atoms with Crippen molar-refractivity contribution in [3.63, 3.8) is 0 Å². The van der Waals surface area contributed by atoms with Crippen LogP contribution in [0.25, 0.3) is 12.2 Å². The van der Waals surface area contributed by atoms with Crippen LogP contribution in [-0.2, 0) is 0 Å². The highest BCUT2D eigenvalue weighted by molar-refractivity contribution is 5.70. The summed E-state index contributed by atoms with van der Waals surface area (Å²) in [6.45, 7) is 3.96. The maximum atomic E-state index is 11.6. The summed E-state index contributed by atoms with van der Waals surface area (Å²) in [7, 11) is 0. The number of hydrogen-bond donors (Lipinski definition) is 2. The molecule has 1 atom stereocenters. The van der Waals surface area contributed by atoms with Gasteiger partial charge in [0.05, 0.1) is 11.0 Å². The number of nitrogens with zero attached hydrogens (tertiary/aromatic N) is 2. The van der Waals surface area contributed by atoms with Crippen LogP contribution in [-0.4, -0.2) is 26.1 Å². The van der Waals surface area contributed by atoms with E-state index in [-0.39, 0.29) is 11.9 Å². The highest BCUT2D eigenvalue weighted by atomic mass is 16.6. The molecule has 1 aromatic carbocycles. The molecule has 2 N–H and O–H groups in total. The fraction of sp³-hybridized carbons (Fsp3) is 0.250. The molecule has 0 saturated carbocycles. The second-order valence-corrected chi connectivity index (χ2v) is 5.09. The molecule has 2 aromatic rings. The average Bonchev–Trinajstić information content (AvgIpc) is 2.53. The standard InChI is InChI=1S/C16H17N3O5/c1-3-10(2)24-12-7-5-4-6-11(12)8-9-13-17-15(20)14(19(22)23)16(21)18-13/h4-10H,3H2,1-2H3,(H2,17,18,20,21). The monoisotopic (exact) mass is 331 g/mol. The Balaban J connectivity index is 2.32. The molecule has 0 amide bonds. The van der Waals surface area contributed by atoms with Crippen LogP contribution in [0.3, 0.4) is 0 Å². The van der Waals surface area contributed by atoms with Crippen LogP contribution in [0.2, 0.25) is 0 Å². The predicted molar refractivity (Wildman–Crippen MR) is 88.9 cm³/mol. The predicted octanol–water partition coefficient (Wildman–Crippen LogP) is 2.73. The number of para-hydroxylation sites is 1. The summed E-state index contributed by atoms with van der Waals surface area (Å²) in [6.07, 6.45) is 3.97. The van der Waals surface area contributed by atoms with Gasteiger partial charge in [-0.05, 0) is 31.6 Å². The summed E-state index contributed by atoms with van der Waals surface area (Å²) in [5, 5.41) is 20.2. The smallest absolute Gasteiger partial charge is 0.395 e. The molecule has 0 bridgehead atoms. The number of hydrogen-bond acceptors (Lipinski definition) is 6. The average molecular weight is 331 g/mol. The van der Waals surface area contributed by atoms with E-state index in [9.17, 15) is 20.0 Å². The van der Waals surface area contributed by atoms with E-state index in [2.05, 4.69) is 9.97 Å². The largest absolute Gasteiger partial charge is 0.490 e. The molecule has 1 aromatic heterocycles. The van der Waals surface area contributed by atoms with Crippen LogP contribution in [0.4, 0.5) is 5.69 Å². The molecule has 1 heterocycles. The number of aromatic nitrogens is 2. The quantitative estimate of drug-likeness (QED) is 0.620. The molecular formula is C16H17N3O5. The minimum absolute atomic E-state index is 0.00134. The first-order valence-electron chi connectivity index (χ1n) is 7.33. The number of rotatable bonds is 6. The zero-order chi connectivity index (χ0) is 17.7. The summed E-state index contributed by atoms with van der Waals surface area (Å²) in [6, 6.07) is 7.30. The molecule has 1 unspecified atom stereocenters. The summed E-state index contributed by atoms with van der Waals surface area (Å²) in [4.78, 5) is 27.1. The van der Waals surface area contributed by atoms with Gasteiger partial charge in [0.1, 0.15) is 11.6 Å². The van der Waals surface area contributed by atoms with E-state index >= 15 is 0 Å². The molecule has 0 radical (unpaired) electrons. The summed E-state index contributed by atoms with van der Waals surface area (Å²) in [5.41, 5.74) is -1.25. The lowest BCUT2D eigenvalue weighted by atomic mass is 10.2. The Bertz CT molecular complexity index is 829. The second kappa shape index (κ2) is 7.40. The molecule has 0 spiro atoms. The molecule has 0 aliphatic rings. The van der Waals surface area contributed by atoms with Crippen molar-refractivity contribution in [2.24, 2.45) is 0 Å². The van der Waals surface area contributed by atoms with Gasteiger partial charge in [0.2, 0.25) is 0 Å². The maximum Gasteiger partial charge on any atom is 0.395 e. The molecule has 0 aliphatic carbocycles. The third-order valence-corrected chi connectivity index (χ3v) is 3.32. The first-order valence-corrected chi connectivity index (χ1v) is 7.33. The Morgan fingerprint density at radius 3 is 2.75 bits per heavy atom. The van der Waals surface area contributed by atoms with E-state index < -0.39 is 22.0 Å². The minimum Gasteiger partial charge on any atom is -0.490 e. The highest BCUT2D eigenvalue weighted by Crippen LogP contribution is 2.23. The van der Waals surface area contributed by atoms with E-state index in [1.807, 2.05) is 38.1 Å². The topological polar surface area (TPSA) is 118 Å². The first-order chi connectivity index (χ1) is 11.4. The van der Waals surface area contributed by atoms with Crippen molar-refractivity contribution in [2.45, 2.75) is 26.4 Å². The lowest BCUT2D eigenvalue weighted by molar-refractivity contribution is -0.387. The summed E-state index contributed by atoms with van der Waals surface area (Å²) >= 11 is 0. The fourth-order valence-corrected chi connectivity index (χ4v) is 1.91. The molecule has 126 valence electrons. The van der Waals surface area contributed by atoms with Gasteiger partial charge in [-0.15, -0.1) is 0 Å². The molecule has 0 fully saturated rings. The SMILES string of the molecule is CCC(C)Oc1ccccc1C=Cc1nc(O)c([N+](=O)[O-])c(=O)[nH]1. The van der Waals surface area contributed by atoms with E-state index in [4.69, 9.17) is 4.74 Å². The van der Waals surface area contributed by atoms with Crippen molar-refractivity contribution in [1.29, 1.82) is 0 Å². The van der Waals surface area contributed by atoms with Crippen LogP contribution < -0.4 is 10.3 Å². The molecule has 2 rings (SSSR count). The van der Waals surface area contributed by atoms with Gasteiger partial charge >= 0.3 is 11.2 Å².